The number of anilines is 1. The summed E-state index contributed by atoms with van der Waals surface area (Å²) in [6.07, 6.45) is 2.95. The van der Waals surface area contributed by atoms with Gasteiger partial charge >= 0.3 is 5.97 Å². The van der Waals surface area contributed by atoms with Gasteiger partial charge in [0.05, 0.1) is 10.5 Å². The monoisotopic (exact) mass is 351 g/mol. The topological polar surface area (TPSA) is 125 Å². The molecule has 0 bridgehead atoms. The molecule has 0 aliphatic rings. The van der Waals surface area contributed by atoms with Crippen LogP contribution in [0.25, 0.3) is 0 Å². The number of hydrogen-bond donors (Lipinski definition) is 2. The van der Waals surface area contributed by atoms with Crippen LogP contribution in [0.2, 0.25) is 0 Å². The van der Waals surface area contributed by atoms with Gasteiger partial charge in [-0.3, -0.25) is 14.9 Å². The Morgan fingerprint density at radius 2 is 1.96 bits per heavy atom. The second kappa shape index (κ2) is 9.61. The molecule has 1 aromatic carbocycles. The van der Waals surface area contributed by atoms with E-state index in [9.17, 15) is 19.7 Å². The minimum Gasteiger partial charge on any atom is -0.452 e. The van der Waals surface area contributed by atoms with Crippen LogP contribution >= 0.6 is 0 Å². The summed E-state index contributed by atoms with van der Waals surface area (Å²) in [4.78, 5) is 33.8. The third-order valence-electron chi connectivity index (χ3n) is 3.62. The van der Waals surface area contributed by atoms with Crippen LogP contribution in [-0.2, 0) is 9.53 Å². The van der Waals surface area contributed by atoms with Crippen molar-refractivity contribution in [3.63, 3.8) is 0 Å². The molecule has 1 aromatic rings. The Hall–Kier alpha value is -2.64. The fourth-order valence-electron chi connectivity index (χ4n) is 2.26. The molecule has 25 heavy (non-hydrogen) atoms. The van der Waals surface area contributed by atoms with Crippen LogP contribution in [0.15, 0.2) is 18.2 Å². The number of nitro benzene ring substituents is 1. The highest BCUT2D eigenvalue weighted by atomic mass is 16.6. The molecule has 1 atom stereocenters. The van der Waals surface area contributed by atoms with Crippen molar-refractivity contribution in [3.05, 3.63) is 33.9 Å². The number of carbonyl (C=O) groups is 2. The van der Waals surface area contributed by atoms with Gasteiger partial charge in [0, 0.05) is 12.1 Å². The predicted molar refractivity (Wildman–Crippen MR) is 94.1 cm³/mol. The molecule has 0 fully saturated rings. The van der Waals surface area contributed by atoms with Crippen molar-refractivity contribution in [2.75, 3.05) is 12.3 Å². The van der Waals surface area contributed by atoms with Gasteiger partial charge in [0.15, 0.2) is 6.61 Å². The van der Waals surface area contributed by atoms with Gasteiger partial charge in [-0.1, -0.05) is 26.7 Å². The second-order valence-corrected chi connectivity index (χ2v) is 6.40. The lowest BCUT2D eigenvalue weighted by Crippen LogP contribution is -2.35. The van der Waals surface area contributed by atoms with Crippen LogP contribution in [0.5, 0.6) is 0 Å². The van der Waals surface area contributed by atoms with Crippen molar-refractivity contribution in [3.8, 4) is 0 Å². The Balaban J connectivity index is 2.47. The van der Waals surface area contributed by atoms with E-state index in [4.69, 9.17) is 10.5 Å². The standard InChI is InChI=1S/C17H25N3O5/c1-11(2)5-4-6-12(3)19-16(21)10-25-17(22)13-7-8-14(18)15(9-13)20(23)24/h7-9,11-12H,4-6,10,18H2,1-3H3,(H,19,21)/t12-/m0/s1. The summed E-state index contributed by atoms with van der Waals surface area (Å²) in [5.41, 5.74) is 5.02. The summed E-state index contributed by atoms with van der Waals surface area (Å²) in [6.45, 7) is 5.74. The zero-order valence-corrected chi connectivity index (χ0v) is 14.8. The van der Waals surface area contributed by atoms with Gasteiger partial charge in [0.2, 0.25) is 0 Å². The van der Waals surface area contributed by atoms with Gasteiger partial charge in [0.1, 0.15) is 5.69 Å². The summed E-state index contributed by atoms with van der Waals surface area (Å²) < 4.78 is 4.89. The first-order valence-electron chi connectivity index (χ1n) is 8.21. The van der Waals surface area contributed by atoms with Gasteiger partial charge in [-0.2, -0.15) is 0 Å². The molecule has 1 amide bonds. The van der Waals surface area contributed by atoms with Crippen LogP contribution in [0.1, 0.15) is 50.4 Å². The Morgan fingerprint density at radius 1 is 1.28 bits per heavy atom. The molecular formula is C17H25N3O5. The molecule has 138 valence electrons. The summed E-state index contributed by atoms with van der Waals surface area (Å²) in [5, 5.41) is 13.6. The molecule has 3 N–H and O–H groups in total. The molecule has 0 spiro atoms. The minimum atomic E-state index is -0.814. The van der Waals surface area contributed by atoms with E-state index in [1.807, 2.05) is 6.92 Å². The van der Waals surface area contributed by atoms with Crippen LogP contribution in [0, 0.1) is 16.0 Å². The smallest absolute Gasteiger partial charge is 0.338 e. The molecular weight excluding hydrogens is 326 g/mol. The van der Waals surface area contributed by atoms with Gasteiger partial charge in [0.25, 0.3) is 11.6 Å². The number of ether oxygens (including phenoxy) is 1. The van der Waals surface area contributed by atoms with E-state index in [1.54, 1.807) is 0 Å². The first-order valence-corrected chi connectivity index (χ1v) is 8.21. The number of hydrogen-bond acceptors (Lipinski definition) is 6. The number of nitrogens with one attached hydrogen (secondary N) is 1. The third-order valence-corrected chi connectivity index (χ3v) is 3.62. The van der Waals surface area contributed by atoms with E-state index in [-0.39, 0.29) is 23.0 Å². The third kappa shape index (κ3) is 7.19. The molecule has 0 unspecified atom stereocenters. The molecule has 0 aromatic heterocycles. The maximum Gasteiger partial charge on any atom is 0.338 e. The largest absolute Gasteiger partial charge is 0.452 e. The van der Waals surface area contributed by atoms with E-state index in [2.05, 4.69) is 19.2 Å². The van der Waals surface area contributed by atoms with Gasteiger partial charge in [-0.25, -0.2) is 4.79 Å². The predicted octanol–water partition coefficient (Wildman–Crippen LogP) is 2.66. The highest BCUT2D eigenvalue weighted by molar-refractivity contribution is 5.92. The van der Waals surface area contributed by atoms with Crippen LogP contribution in [-0.4, -0.2) is 29.4 Å². The summed E-state index contributed by atoms with van der Waals surface area (Å²) in [7, 11) is 0. The average Bonchev–Trinajstić information content (AvgIpc) is 2.52. The van der Waals surface area contributed by atoms with Crippen LogP contribution in [0.3, 0.4) is 0 Å². The Morgan fingerprint density at radius 3 is 2.56 bits per heavy atom. The first-order chi connectivity index (χ1) is 11.7. The van der Waals surface area contributed by atoms with Gasteiger partial charge in [-0.05, 0) is 31.4 Å². The summed E-state index contributed by atoms with van der Waals surface area (Å²) in [6, 6.07) is 3.59. The Bertz CT molecular complexity index is 631. The summed E-state index contributed by atoms with van der Waals surface area (Å²) >= 11 is 0. The number of esters is 1. The van der Waals surface area contributed by atoms with Crippen molar-refractivity contribution < 1.29 is 19.2 Å². The average molecular weight is 351 g/mol. The van der Waals surface area contributed by atoms with E-state index >= 15 is 0 Å². The fraction of sp³-hybridized carbons (Fsp3) is 0.529. The van der Waals surface area contributed by atoms with E-state index in [0.717, 1.165) is 25.3 Å². The number of benzene rings is 1. The number of carbonyl (C=O) groups excluding carboxylic acids is 2. The van der Waals surface area contributed by atoms with Crippen molar-refractivity contribution >= 4 is 23.3 Å². The lowest BCUT2D eigenvalue weighted by atomic mass is 10.0. The van der Waals surface area contributed by atoms with Crippen molar-refractivity contribution in [2.24, 2.45) is 5.92 Å². The van der Waals surface area contributed by atoms with E-state index in [1.165, 1.54) is 12.1 Å². The molecule has 0 heterocycles. The molecule has 0 radical (unpaired) electrons. The van der Waals surface area contributed by atoms with E-state index in [0.29, 0.717) is 5.92 Å². The molecule has 0 saturated heterocycles. The normalized spacial score (nSPS) is 11.8. The maximum atomic E-state index is 11.9. The summed E-state index contributed by atoms with van der Waals surface area (Å²) in [5.74, 6) is -0.603. The zero-order chi connectivity index (χ0) is 19.0. The number of nitro groups is 1. The highest BCUT2D eigenvalue weighted by Crippen LogP contribution is 2.22. The SMILES string of the molecule is CC(C)CCC[C@H](C)NC(=O)COC(=O)c1ccc(N)c([N+](=O)[O-])c1. The Labute approximate surface area is 146 Å². The van der Waals surface area contributed by atoms with Crippen LogP contribution in [0.4, 0.5) is 11.4 Å². The van der Waals surface area contributed by atoms with E-state index < -0.39 is 23.4 Å². The molecule has 0 saturated carbocycles. The minimum absolute atomic E-state index is 0.0115. The number of rotatable bonds is 9. The molecule has 1 rings (SSSR count). The van der Waals surface area contributed by atoms with Crippen molar-refractivity contribution in [1.29, 1.82) is 0 Å². The van der Waals surface area contributed by atoms with Gasteiger partial charge < -0.3 is 15.8 Å². The highest BCUT2D eigenvalue weighted by Gasteiger charge is 2.17. The fourth-order valence-corrected chi connectivity index (χ4v) is 2.26. The lowest BCUT2D eigenvalue weighted by molar-refractivity contribution is -0.383. The zero-order valence-electron chi connectivity index (χ0n) is 14.8. The molecule has 0 aliphatic heterocycles. The van der Waals surface area contributed by atoms with Crippen molar-refractivity contribution in [2.45, 2.75) is 46.1 Å². The molecule has 8 heteroatoms. The van der Waals surface area contributed by atoms with Crippen molar-refractivity contribution in [1.82, 2.24) is 5.32 Å². The maximum absolute atomic E-state index is 11.9. The number of nitrogens with zero attached hydrogens (tertiary/aromatic N) is 1. The quantitative estimate of drug-likeness (QED) is 0.305. The number of nitrogens with two attached hydrogens (primary N) is 1. The number of nitrogen functional groups attached to an aromatic ring is 1. The molecule has 0 aliphatic carbocycles. The molecule has 8 nitrogen and oxygen atoms in total. The van der Waals surface area contributed by atoms with Crippen LogP contribution < -0.4 is 11.1 Å². The Kier molecular flexibility index (Phi) is 7.84. The van der Waals surface area contributed by atoms with Gasteiger partial charge in [-0.15, -0.1) is 0 Å². The number of amides is 1. The first kappa shape index (κ1) is 20.4. The lowest BCUT2D eigenvalue weighted by Gasteiger charge is -2.14. The second-order valence-electron chi connectivity index (χ2n) is 6.40.